The number of ether oxygens (including phenoxy) is 1. The van der Waals surface area contributed by atoms with Gasteiger partial charge in [-0.05, 0) is 63.3 Å². The van der Waals surface area contributed by atoms with Crippen molar-refractivity contribution in [3.8, 4) is 0 Å². The van der Waals surface area contributed by atoms with E-state index in [-0.39, 0.29) is 0 Å². The summed E-state index contributed by atoms with van der Waals surface area (Å²) < 4.78 is 6.15. The molecule has 0 aromatic heterocycles. The van der Waals surface area contributed by atoms with Gasteiger partial charge >= 0.3 is 0 Å². The topological polar surface area (TPSA) is 21.3 Å². The van der Waals surface area contributed by atoms with Crippen molar-refractivity contribution >= 4 is 0 Å². The maximum Gasteiger partial charge on any atom is 0.0758 e. The van der Waals surface area contributed by atoms with Crippen LogP contribution in [-0.2, 0) is 4.74 Å². The Bertz CT molecular complexity index is 252. The first-order valence-corrected chi connectivity index (χ1v) is 8.61. The summed E-state index contributed by atoms with van der Waals surface area (Å²) >= 11 is 0. The third kappa shape index (κ3) is 4.46. The van der Waals surface area contributed by atoms with Gasteiger partial charge in [0.25, 0.3) is 0 Å². The van der Waals surface area contributed by atoms with Gasteiger partial charge in [0.1, 0.15) is 0 Å². The molecule has 2 saturated carbocycles. The Morgan fingerprint density at radius 2 is 1.89 bits per heavy atom. The van der Waals surface area contributed by atoms with Crippen LogP contribution in [0.3, 0.4) is 0 Å². The maximum absolute atomic E-state index is 6.15. The Morgan fingerprint density at radius 3 is 2.47 bits per heavy atom. The summed E-state index contributed by atoms with van der Waals surface area (Å²) in [6.45, 7) is 8.85. The molecule has 0 spiro atoms. The Balaban J connectivity index is 1.99. The maximum atomic E-state index is 6.15. The minimum absolute atomic E-state index is 0.479. The first-order valence-electron chi connectivity index (χ1n) is 8.61. The molecular weight excluding hydrogens is 234 g/mol. The molecule has 112 valence electrons. The van der Waals surface area contributed by atoms with Crippen molar-refractivity contribution in [2.75, 3.05) is 13.2 Å². The average molecular weight is 267 g/mol. The van der Waals surface area contributed by atoms with E-state index >= 15 is 0 Å². The minimum atomic E-state index is 0.479. The quantitative estimate of drug-likeness (QED) is 0.718. The van der Waals surface area contributed by atoms with Crippen LogP contribution in [0.5, 0.6) is 0 Å². The van der Waals surface area contributed by atoms with Gasteiger partial charge in [-0.2, -0.15) is 0 Å². The van der Waals surface area contributed by atoms with Crippen LogP contribution in [0.15, 0.2) is 0 Å². The lowest BCUT2D eigenvalue weighted by Crippen LogP contribution is -2.49. The Morgan fingerprint density at radius 1 is 1.11 bits per heavy atom. The van der Waals surface area contributed by atoms with Gasteiger partial charge in [0, 0.05) is 12.6 Å². The summed E-state index contributed by atoms with van der Waals surface area (Å²) in [4.78, 5) is 0. The highest BCUT2D eigenvalue weighted by atomic mass is 16.5. The van der Waals surface area contributed by atoms with E-state index < -0.39 is 0 Å². The van der Waals surface area contributed by atoms with Crippen molar-refractivity contribution in [3.63, 3.8) is 0 Å². The van der Waals surface area contributed by atoms with Gasteiger partial charge in [-0.25, -0.2) is 0 Å². The highest BCUT2D eigenvalue weighted by Crippen LogP contribution is 2.40. The zero-order valence-corrected chi connectivity index (χ0v) is 13.2. The summed E-state index contributed by atoms with van der Waals surface area (Å²) in [5.41, 5.74) is 0. The molecule has 4 unspecified atom stereocenters. The number of rotatable bonds is 8. The second-order valence-electron chi connectivity index (χ2n) is 6.77. The minimum Gasteiger partial charge on any atom is -0.377 e. The van der Waals surface area contributed by atoms with Crippen LogP contribution < -0.4 is 5.32 Å². The molecule has 0 aromatic rings. The standard InChI is InChI=1S/C17H33NO/c1-4-11-18-16(15-8-6-7-13(3)12-15)17(19-5-2)14-9-10-14/h13-18H,4-12H2,1-3H3. The smallest absolute Gasteiger partial charge is 0.0758 e. The fourth-order valence-corrected chi connectivity index (χ4v) is 3.82. The van der Waals surface area contributed by atoms with E-state index in [1.165, 1.54) is 44.9 Å². The predicted octanol–water partition coefficient (Wildman–Crippen LogP) is 4.00. The molecule has 0 radical (unpaired) electrons. The van der Waals surface area contributed by atoms with Crippen molar-refractivity contribution in [3.05, 3.63) is 0 Å². The van der Waals surface area contributed by atoms with E-state index in [0.29, 0.717) is 12.1 Å². The normalized spacial score (nSPS) is 31.1. The third-order valence-electron chi connectivity index (χ3n) is 4.91. The van der Waals surface area contributed by atoms with Crippen molar-refractivity contribution in [2.45, 2.75) is 77.9 Å². The first kappa shape index (κ1) is 15.3. The number of hydrogen-bond donors (Lipinski definition) is 1. The van der Waals surface area contributed by atoms with E-state index in [9.17, 15) is 0 Å². The van der Waals surface area contributed by atoms with Gasteiger partial charge < -0.3 is 10.1 Å². The summed E-state index contributed by atoms with van der Waals surface area (Å²) in [7, 11) is 0. The van der Waals surface area contributed by atoms with Crippen molar-refractivity contribution < 1.29 is 4.74 Å². The van der Waals surface area contributed by atoms with Crippen LogP contribution in [0.2, 0.25) is 0 Å². The summed E-state index contributed by atoms with van der Waals surface area (Å²) in [6.07, 6.45) is 10.1. The molecule has 4 atom stereocenters. The molecule has 0 amide bonds. The molecule has 1 N–H and O–H groups in total. The Kier molecular flexibility index (Phi) is 6.15. The molecule has 0 aromatic carbocycles. The summed E-state index contributed by atoms with van der Waals surface area (Å²) in [6, 6.07) is 0.607. The monoisotopic (exact) mass is 267 g/mol. The molecule has 2 rings (SSSR count). The predicted molar refractivity (Wildman–Crippen MR) is 81.3 cm³/mol. The van der Waals surface area contributed by atoms with Gasteiger partial charge in [-0.3, -0.25) is 0 Å². The van der Waals surface area contributed by atoms with Gasteiger partial charge in [0.15, 0.2) is 0 Å². The molecule has 2 aliphatic rings. The van der Waals surface area contributed by atoms with Crippen LogP contribution >= 0.6 is 0 Å². The van der Waals surface area contributed by atoms with Gasteiger partial charge in [-0.15, -0.1) is 0 Å². The van der Waals surface area contributed by atoms with E-state index in [0.717, 1.165) is 30.9 Å². The molecule has 2 nitrogen and oxygen atoms in total. The van der Waals surface area contributed by atoms with Gasteiger partial charge in [0.2, 0.25) is 0 Å². The largest absolute Gasteiger partial charge is 0.377 e. The molecule has 0 aliphatic heterocycles. The lowest BCUT2D eigenvalue weighted by Gasteiger charge is -2.38. The molecule has 2 fully saturated rings. The van der Waals surface area contributed by atoms with E-state index in [1.54, 1.807) is 0 Å². The third-order valence-corrected chi connectivity index (χ3v) is 4.91. The Labute approximate surface area is 119 Å². The lowest BCUT2D eigenvalue weighted by atomic mass is 9.76. The van der Waals surface area contributed by atoms with Crippen molar-refractivity contribution in [1.29, 1.82) is 0 Å². The van der Waals surface area contributed by atoms with Crippen LogP contribution in [-0.4, -0.2) is 25.3 Å². The van der Waals surface area contributed by atoms with Crippen LogP contribution in [0.1, 0.15) is 65.7 Å². The first-order chi connectivity index (χ1) is 9.26. The second-order valence-corrected chi connectivity index (χ2v) is 6.77. The van der Waals surface area contributed by atoms with Crippen LogP contribution in [0.4, 0.5) is 0 Å². The van der Waals surface area contributed by atoms with Crippen LogP contribution in [0.25, 0.3) is 0 Å². The molecule has 2 heteroatoms. The van der Waals surface area contributed by atoms with Gasteiger partial charge in [0.05, 0.1) is 6.10 Å². The zero-order valence-electron chi connectivity index (χ0n) is 13.2. The lowest BCUT2D eigenvalue weighted by molar-refractivity contribution is -0.00545. The zero-order chi connectivity index (χ0) is 13.7. The second kappa shape index (κ2) is 7.64. The molecule has 0 heterocycles. The average Bonchev–Trinajstić information content (AvgIpc) is 3.22. The number of hydrogen-bond acceptors (Lipinski definition) is 2. The SMILES string of the molecule is CCCNC(C1CCCC(C)C1)C(OCC)C1CC1. The summed E-state index contributed by atoms with van der Waals surface area (Å²) in [5.74, 6) is 2.59. The van der Waals surface area contributed by atoms with E-state index in [2.05, 4.69) is 26.1 Å². The van der Waals surface area contributed by atoms with E-state index in [1.807, 2.05) is 0 Å². The fraction of sp³-hybridized carbons (Fsp3) is 1.00. The molecule has 0 saturated heterocycles. The molecular formula is C17H33NO. The molecule has 2 aliphatic carbocycles. The number of nitrogens with one attached hydrogen (secondary N) is 1. The molecule has 19 heavy (non-hydrogen) atoms. The van der Waals surface area contributed by atoms with Crippen molar-refractivity contribution in [1.82, 2.24) is 5.32 Å². The highest BCUT2D eigenvalue weighted by molar-refractivity contribution is 4.95. The van der Waals surface area contributed by atoms with Crippen molar-refractivity contribution in [2.24, 2.45) is 17.8 Å². The fourth-order valence-electron chi connectivity index (χ4n) is 3.82. The molecule has 0 bridgehead atoms. The highest BCUT2D eigenvalue weighted by Gasteiger charge is 2.41. The van der Waals surface area contributed by atoms with E-state index in [4.69, 9.17) is 4.74 Å². The van der Waals surface area contributed by atoms with Gasteiger partial charge in [-0.1, -0.05) is 26.7 Å². The van der Waals surface area contributed by atoms with Crippen LogP contribution in [0, 0.1) is 17.8 Å². The Hall–Kier alpha value is -0.0800. The summed E-state index contributed by atoms with van der Waals surface area (Å²) in [5, 5.41) is 3.84.